The van der Waals surface area contributed by atoms with Gasteiger partial charge in [-0.15, -0.1) is 0 Å². The fraction of sp³-hybridized carbons (Fsp3) is 0.111. The first-order valence-corrected chi connectivity index (χ1v) is 7.71. The molecule has 2 aromatic rings. The molecule has 122 valence electrons. The lowest BCUT2D eigenvalue weighted by Gasteiger charge is -2.18. The van der Waals surface area contributed by atoms with E-state index >= 15 is 0 Å². The zero-order valence-corrected chi connectivity index (χ0v) is 13.6. The first-order valence-electron chi connectivity index (χ1n) is 7.33. The van der Waals surface area contributed by atoms with E-state index in [-0.39, 0.29) is 16.5 Å². The average molecular weight is 344 g/mol. The van der Waals surface area contributed by atoms with Gasteiger partial charge in [0.1, 0.15) is 0 Å². The summed E-state index contributed by atoms with van der Waals surface area (Å²) in [5.74, 6) is -0.825. The second-order valence-electron chi connectivity index (χ2n) is 5.17. The number of carbonyl (C=O) groups excluding carboxylic acids is 2. The summed E-state index contributed by atoms with van der Waals surface area (Å²) < 4.78 is 5.34. The lowest BCUT2D eigenvalue weighted by molar-refractivity contribution is -0.114. The SMILES string of the molecule is CCOc1cc(/C=C2\C(=O)NC(=O)c3ccccc32)cc(Cl)c1O. The molecule has 5 nitrogen and oxygen atoms in total. The summed E-state index contributed by atoms with van der Waals surface area (Å²) in [6, 6.07) is 9.97. The summed E-state index contributed by atoms with van der Waals surface area (Å²) in [6.07, 6.45) is 1.61. The minimum absolute atomic E-state index is 0.119. The number of amides is 2. The van der Waals surface area contributed by atoms with Crippen LogP contribution in [0.1, 0.15) is 28.4 Å². The number of ether oxygens (including phenoxy) is 1. The van der Waals surface area contributed by atoms with Crippen LogP contribution in [0.2, 0.25) is 5.02 Å². The number of rotatable bonds is 3. The third kappa shape index (κ3) is 2.86. The Bertz CT molecular complexity index is 873. The molecule has 0 fully saturated rings. The predicted octanol–water partition coefficient (Wildman–Crippen LogP) is 3.25. The molecule has 6 heteroatoms. The molecular weight excluding hydrogens is 330 g/mol. The highest BCUT2D eigenvalue weighted by Gasteiger charge is 2.26. The van der Waals surface area contributed by atoms with E-state index in [0.29, 0.717) is 28.9 Å². The number of nitrogens with one attached hydrogen (secondary N) is 1. The molecule has 2 amide bonds. The van der Waals surface area contributed by atoms with E-state index in [0.717, 1.165) is 0 Å². The van der Waals surface area contributed by atoms with Crippen molar-refractivity contribution >= 4 is 35.1 Å². The van der Waals surface area contributed by atoms with Gasteiger partial charge in [-0.2, -0.15) is 0 Å². The van der Waals surface area contributed by atoms with E-state index in [1.54, 1.807) is 43.3 Å². The van der Waals surface area contributed by atoms with Crippen molar-refractivity contribution < 1.29 is 19.4 Å². The minimum atomic E-state index is -0.485. The highest BCUT2D eigenvalue weighted by Crippen LogP contribution is 2.36. The normalized spacial score (nSPS) is 15.2. The number of phenolic OH excluding ortho intramolecular Hbond substituents is 1. The smallest absolute Gasteiger partial charge is 0.258 e. The number of halogens is 1. The van der Waals surface area contributed by atoms with E-state index in [2.05, 4.69) is 5.32 Å². The second-order valence-corrected chi connectivity index (χ2v) is 5.58. The molecule has 1 aliphatic rings. The Kier molecular flexibility index (Phi) is 4.27. The Morgan fingerprint density at radius 2 is 1.88 bits per heavy atom. The van der Waals surface area contributed by atoms with Crippen LogP contribution < -0.4 is 10.1 Å². The van der Waals surface area contributed by atoms with Gasteiger partial charge in [-0.3, -0.25) is 14.9 Å². The van der Waals surface area contributed by atoms with Crippen LogP contribution in [0.25, 0.3) is 11.6 Å². The van der Waals surface area contributed by atoms with Crippen molar-refractivity contribution in [3.05, 3.63) is 58.1 Å². The number of hydrogen-bond donors (Lipinski definition) is 2. The van der Waals surface area contributed by atoms with Crippen molar-refractivity contribution in [3.63, 3.8) is 0 Å². The fourth-order valence-electron chi connectivity index (χ4n) is 2.53. The first kappa shape index (κ1) is 16.1. The standard InChI is InChI=1S/C18H14ClNO4/c1-2-24-15-9-10(8-14(19)16(15)21)7-13-11-5-3-4-6-12(11)17(22)20-18(13)23/h3-9,21H,2H2,1H3,(H,20,22,23)/b13-7-. The molecule has 0 bridgehead atoms. The molecule has 3 rings (SSSR count). The molecule has 0 spiro atoms. The third-order valence-corrected chi connectivity index (χ3v) is 3.88. The zero-order chi connectivity index (χ0) is 17.3. The van der Waals surface area contributed by atoms with Gasteiger partial charge in [0.25, 0.3) is 11.8 Å². The molecule has 0 saturated carbocycles. The van der Waals surface area contributed by atoms with Gasteiger partial charge in [0.15, 0.2) is 11.5 Å². The number of carbonyl (C=O) groups is 2. The summed E-state index contributed by atoms with van der Waals surface area (Å²) in [5, 5.41) is 12.3. The maximum Gasteiger partial charge on any atom is 0.258 e. The number of benzene rings is 2. The van der Waals surface area contributed by atoms with E-state index in [4.69, 9.17) is 16.3 Å². The lowest BCUT2D eigenvalue weighted by Crippen LogP contribution is -2.36. The Labute approximate surface area is 143 Å². The van der Waals surface area contributed by atoms with Crippen molar-refractivity contribution in [1.29, 1.82) is 0 Å². The van der Waals surface area contributed by atoms with E-state index in [1.165, 1.54) is 6.07 Å². The number of aromatic hydroxyl groups is 1. The van der Waals surface area contributed by atoms with Gasteiger partial charge in [-0.25, -0.2) is 0 Å². The molecule has 0 saturated heterocycles. The Morgan fingerprint density at radius 1 is 1.17 bits per heavy atom. The van der Waals surface area contributed by atoms with Gasteiger partial charge in [-0.1, -0.05) is 29.8 Å². The van der Waals surface area contributed by atoms with E-state index < -0.39 is 11.8 Å². The van der Waals surface area contributed by atoms with Crippen LogP contribution in [0, 0.1) is 0 Å². The summed E-state index contributed by atoms with van der Waals surface area (Å²) in [7, 11) is 0. The highest BCUT2D eigenvalue weighted by molar-refractivity contribution is 6.34. The van der Waals surface area contributed by atoms with Crippen LogP contribution in [0.3, 0.4) is 0 Å². The van der Waals surface area contributed by atoms with Crippen molar-refractivity contribution in [3.8, 4) is 11.5 Å². The maximum atomic E-state index is 12.2. The van der Waals surface area contributed by atoms with E-state index in [9.17, 15) is 14.7 Å². The van der Waals surface area contributed by atoms with Gasteiger partial charge in [0.05, 0.1) is 11.6 Å². The number of fused-ring (bicyclic) bond motifs is 1. The summed E-state index contributed by atoms with van der Waals surface area (Å²) >= 11 is 6.02. The average Bonchev–Trinajstić information content (AvgIpc) is 2.56. The summed E-state index contributed by atoms with van der Waals surface area (Å²) in [6.45, 7) is 2.15. The molecule has 0 atom stereocenters. The molecular formula is C18H14ClNO4. The molecule has 1 aliphatic heterocycles. The lowest BCUT2D eigenvalue weighted by atomic mass is 9.93. The summed E-state index contributed by atoms with van der Waals surface area (Å²) in [5.41, 5.74) is 1.90. The van der Waals surface area contributed by atoms with Crippen LogP contribution in [-0.2, 0) is 4.79 Å². The van der Waals surface area contributed by atoms with Crippen molar-refractivity contribution in [2.45, 2.75) is 6.92 Å². The van der Waals surface area contributed by atoms with Crippen LogP contribution in [-0.4, -0.2) is 23.5 Å². The quantitative estimate of drug-likeness (QED) is 0.662. The van der Waals surface area contributed by atoms with Gasteiger partial charge >= 0.3 is 0 Å². The topological polar surface area (TPSA) is 75.6 Å². The molecule has 0 aliphatic carbocycles. The molecule has 0 aromatic heterocycles. The van der Waals surface area contributed by atoms with Crippen LogP contribution in [0.5, 0.6) is 11.5 Å². The number of phenols is 1. The Hall–Kier alpha value is -2.79. The molecule has 24 heavy (non-hydrogen) atoms. The highest BCUT2D eigenvalue weighted by atomic mass is 35.5. The van der Waals surface area contributed by atoms with Crippen LogP contribution >= 0.6 is 11.6 Å². The number of imide groups is 1. The fourth-order valence-corrected chi connectivity index (χ4v) is 2.75. The molecule has 2 aromatic carbocycles. The molecule has 0 radical (unpaired) electrons. The van der Waals surface area contributed by atoms with Crippen LogP contribution in [0.15, 0.2) is 36.4 Å². The van der Waals surface area contributed by atoms with Crippen molar-refractivity contribution in [2.24, 2.45) is 0 Å². The van der Waals surface area contributed by atoms with Gasteiger partial charge in [0, 0.05) is 11.1 Å². The third-order valence-electron chi connectivity index (χ3n) is 3.60. The first-order chi connectivity index (χ1) is 11.5. The molecule has 2 N–H and O–H groups in total. The van der Waals surface area contributed by atoms with Crippen molar-refractivity contribution in [2.75, 3.05) is 6.61 Å². The second kappa shape index (κ2) is 6.37. The number of hydrogen-bond acceptors (Lipinski definition) is 4. The van der Waals surface area contributed by atoms with Gasteiger partial charge in [-0.05, 0) is 42.3 Å². The minimum Gasteiger partial charge on any atom is -0.503 e. The van der Waals surface area contributed by atoms with E-state index in [1.807, 2.05) is 0 Å². The van der Waals surface area contributed by atoms with Crippen molar-refractivity contribution in [1.82, 2.24) is 5.32 Å². The Balaban J connectivity index is 2.13. The van der Waals surface area contributed by atoms with Gasteiger partial charge in [0.2, 0.25) is 0 Å². The largest absolute Gasteiger partial charge is 0.503 e. The maximum absolute atomic E-state index is 12.2. The van der Waals surface area contributed by atoms with Crippen LogP contribution in [0.4, 0.5) is 0 Å². The predicted molar refractivity (Wildman–Crippen MR) is 91.1 cm³/mol. The summed E-state index contributed by atoms with van der Waals surface area (Å²) in [4.78, 5) is 24.1. The Morgan fingerprint density at radius 3 is 2.58 bits per heavy atom. The molecule has 1 heterocycles. The molecule has 0 unspecified atom stereocenters. The van der Waals surface area contributed by atoms with Gasteiger partial charge < -0.3 is 9.84 Å². The monoisotopic (exact) mass is 343 g/mol. The zero-order valence-electron chi connectivity index (χ0n) is 12.8.